The molecule has 1 aliphatic heterocycles. The van der Waals surface area contributed by atoms with Crippen molar-refractivity contribution in [3.63, 3.8) is 0 Å². The Morgan fingerprint density at radius 1 is 1.29 bits per heavy atom. The Morgan fingerprint density at radius 3 is 2.71 bits per heavy atom. The Morgan fingerprint density at radius 2 is 2.04 bits per heavy atom. The molecule has 0 unspecified atom stereocenters. The zero-order valence-corrected chi connectivity index (χ0v) is 12.8. The lowest BCUT2D eigenvalue weighted by molar-refractivity contribution is -0.139. The van der Waals surface area contributed by atoms with Gasteiger partial charge in [0, 0.05) is 29.6 Å². The van der Waals surface area contributed by atoms with E-state index in [0.29, 0.717) is 17.1 Å². The van der Waals surface area contributed by atoms with Crippen molar-refractivity contribution in [2.45, 2.75) is 6.92 Å². The van der Waals surface area contributed by atoms with Crippen LogP contribution in [0.1, 0.15) is 16.7 Å². The molecule has 1 aromatic heterocycles. The summed E-state index contributed by atoms with van der Waals surface area (Å²) in [5.74, 6) is 1.57. The molecular formula is C18H13NO5. The lowest BCUT2D eigenvalue weighted by Crippen LogP contribution is -2.12. The van der Waals surface area contributed by atoms with Crippen LogP contribution in [0.2, 0.25) is 0 Å². The van der Waals surface area contributed by atoms with Gasteiger partial charge in [-0.1, -0.05) is 0 Å². The van der Waals surface area contributed by atoms with Crippen molar-refractivity contribution >= 4 is 17.5 Å². The molecule has 2 aromatic rings. The molecule has 0 spiro atoms. The Kier molecular flexibility index (Phi) is 4.14. The third-order valence-electron chi connectivity index (χ3n) is 3.58. The van der Waals surface area contributed by atoms with E-state index in [2.05, 4.69) is 4.98 Å². The molecule has 3 rings (SSSR count). The maximum atomic E-state index is 11.1. The van der Waals surface area contributed by atoms with Crippen LogP contribution < -0.4 is 9.47 Å². The van der Waals surface area contributed by atoms with Crippen LogP contribution in [0.4, 0.5) is 0 Å². The molecular weight excluding hydrogens is 310 g/mol. The smallest absolute Gasteiger partial charge is 0.341 e. The van der Waals surface area contributed by atoms with E-state index < -0.39 is 12.6 Å². The molecule has 6 heteroatoms. The van der Waals surface area contributed by atoms with E-state index in [0.717, 1.165) is 16.7 Å². The van der Waals surface area contributed by atoms with Gasteiger partial charge in [-0.05, 0) is 42.3 Å². The summed E-state index contributed by atoms with van der Waals surface area (Å²) < 4.78 is 10.8. The summed E-state index contributed by atoms with van der Waals surface area (Å²) in [6.45, 7) is 1.29. The lowest BCUT2D eigenvalue weighted by atomic mass is 9.93. The molecule has 120 valence electrons. The summed E-state index contributed by atoms with van der Waals surface area (Å²) in [5.41, 5.74) is 3.06. The van der Waals surface area contributed by atoms with Gasteiger partial charge >= 0.3 is 5.97 Å². The van der Waals surface area contributed by atoms with Crippen LogP contribution >= 0.6 is 0 Å². The number of carbonyl (C=O) groups excluding carboxylic acids is 1. The van der Waals surface area contributed by atoms with Crippen molar-refractivity contribution in [1.29, 1.82) is 0 Å². The minimum absolute atomic E-state index is 0.0489. The first-order valence-electron chi connectivity index (χ1n) is 7.13. The van der Waals surface area contributed by atoms with Gasteiger partial charge < -0.3 is 14.6 Å². The van der Waals surface area contributed by atoms with Crippen molar-refractivity contribution in [3.8, 4) is 11.5 Å². The Labute approximate surface area is 137 Å². The number of hydrogen-bond donors (Lipinski definition) is 1. The number of pyridine rings is 1. The molecule has 2 heterocycles. The third-order valence-corrected chi connectivity index (χ3v) is 3.58. The summed E-state index contributed by atoms with van der Waals surface area (Å²) in [5, 5.41) is 8.75. The van der Waals surface area contributed by atoms with Gasteiger partial charge in [-0.25, -0.2) is 9.59 Å². The summed E-state index contributed by atoms with van der Waals surface area (Å²) in [7, 11) is 0. The average Bonchev–Trinajstić information content (AvgIpc) is 2.61. The number of ether oxygens (including phenoxy) is 2. The van der Waals surface area contributed by atoms with Crippen LogP contribution in [0, 0.1) is 6.92 Å². The highest BCUT2D eigenvalue weighted by molar-refractivity contribution is 5.88. The minimum atomic E-state index is -1.07. The van der Waals surface area contributed by atoms with Crippen molar-refractivity contribution in [1.82, 2.24) is 4.98 Å². The number of carbonyl (C=O) groups is 1. The molecule has 0 atom stereocenters. The summed E-state index contributed by atoms with van der Waals surface area (Å²) >= 11 is 0. The zero-order valence-electron chi connectivity index (χ0n) is 12.8. The molecule has 0 bridgehead atoms. The SMILES string of the molecule is Cc1c(OCC(=O)O)ccc2c1OC(=C=O)C=C2c1ccncc1. The van der Waals surface area contributed by atoms with Crippen LogP contribution in [0.3, 0.4) is 0 Å². The van der Waals surface area contributed by atoms with E-state index >= 15 is 0 Å². The van der Waals surface area contributed by atoms with Gasteiger partial charge in [0.1, 0.15) is 11.5 Å². The molecule has 0 radical (unpaired) electrons. The largest absolute Gasteiger partial charge is 0.481 e. The quantitative estimate of drug-likeness (QED) is 0.870. The van der Waals surface area contributed by atoms with E-state index in [1.54, 1.807) is 43.5 Å². The maximum absolute atomic E-state index is 11.1. The third kappa shape index (κ3) is 2.91. The first-order valence-corrected chi connectivity index (χ1v) is 7.13. The van der Waals surface area contributed by atoms with Crippen LogP contribution in [0.25, 0.3) is 5.57 Å². The summed E-state index contributed by atoms with van der Waals surface area (Å²) in [4.78, 5) is 25.8. The summed E-state index contributed by atoms with van der Waals surface area (Å²) in [6, 6.07) is 7.11. The first-order chi connectivity index (χ1) is 11.6. The van der Waals surface area contributed by atoms with Crippen molar-refractivity contribution in [2.75, 3.05) is 6.61 Å². The van der Waals surface area contributed by atoms with Crippen LogP contribution in [-0.4, -0.2) is 28.6 Å². The average molecular weight is 323 g/mol. The van der Waals surface area contributed by atoms with Gasteiger partial charge in [0.05, 0.1) is 0 Å². The van der Waals surface area contributed by atoms with Crippen molar-refractivity contribution in [3.05, 3.63) is 65.2 Å². The first kappa shape index (κ1) is 15.5. The molecule has 1 aromatic carbocycles. The molecule has 24 heavy (non-hydrogen) atoms. The number of benzene rings is 1. The Bertz CT molecular complexity index is 880. The number of hydrogen-bond acceptors (Lipinski definition) is 5. The molecule has 0 fully saturated rings. The van der Waals surface area contributed by atoms with Crippen LogP contribution in [0.5, 0.6) is 11.5 Å². The number of rotatable bonds is 4. The van der Waals surface area contributed by atoms with E-state index in [1.807, 2.05) is 12.1 Å². The second kappa shape index (κ2) is 6.40. The van der Waals surface area contributed by atoms with Gasteiger partial charge in [0.15, 0.2) is 12.5 Å². The van der Waals surface area contributed by atoms with Gasteiger partial charge in [0.2, 0.25) is 5.76 Å². The molecule has 1 N–H and O–H groups in total. The normalized spacial score (nSPS) is 12.5. The van der Waals surface area contributed by atoms with Crippen molar-refractivity contribution < 1.29 is 24.2 Å². The standard InChI is InChI=1S/C18H13NO5/c1-11-16(23-10-17(21)22)3-2-14-15(12-4-6-19-7-5-12)8-13(9-20)24-18(11)14/h2-8H,10H2,1H3,(H,21,22). The predicted octanol–water partition coefficient (Wildman–Crippen LogP) is 2.39. The molecule has 0 aliphatic carbocycles. The number of fused-ring (bicyclic) bond motifs is 1. The topological polar surface area (TPSA) is 85.7 Å². The molecule has 0 saturated heterocycles. The van der Waals surface area contributed by atoms with Gasteiger partial charge in [0.25, 0.3) is 0 Å². The number of carboxylic acid groups (broad SMARTS) is 1. The lowest BCUT2D eigenvalue weighted by Gasteiger charge is -2.22. The number of aliphatic carboxylic acids is 1. The Balaban J connectivity index is 2.10. The maximum Gasteiger partial charge on any atom is 0.341 e. The van der Waals surface area contributed by atoms with E-state index in [-0.39, 0.29) is 5.76 Å². The number of allylic oxidation sites excluding steroid dienone is 1. The second-order valence-electron chi connectivity index (χ2n) is 5.11. The minimum Gasteiger partial charge on any atom is -0.481 e. The van der Waals surface area contributed by atoms with E-state index in [1.165, 1.54) is 0 Å². The van der Waals surface area contributed by atoms with Gasteiger partial charge in [-0.3, -0.25) is 4.98 Å². The molecule has 0 saturated carbocycles. The molecule has 6 nitrogen and oxygen atoms in total. The fourth-order valence-electron chi connectivity index (χ4n) is 2.48. The van der Waals surface area contributed by atoms with Gasteiger partial charge in [-0.2, -0.15) is 0 Å². The highest BCUT2D eigenvalue weighted by Crippen LogP contribution is 2.41. The van der Waals surface area contributed by atoms with Crippen molar-refractivity contribution in [2.24, 2.45) is 0 Å². The fourth-order valence-corrected chi connectivity index (χ4v) is 2.48. The number of nitrogens with zero attached hydrogens (tertiary/aromatic N) is 1. The Hall–Kier alpha value is -3.37. The highest BCUT2D eigenvalue weighted by atomic mass is 16.5. The zero-order chi connectivity index (χ0) is 17.1. The van der Waals surface area contributed by atoms with Crippen LogP contribution in [0.15, 0.2) is 48.5 Å². The molecule has 1 aliphatic rings. The summed E-state index contributed by atoms with van der Waals surface area (Å²) in [6.07, 6.45) is 4.93. The van der Waals surface area contributed by atoms with E-state index in [4.69, 9.17) is 14.6 Å². The second-order valence-corrected chi connectivity index (χ2v) is 5.11. The van der Waals surface area contributed by atoms with E-state index in [9.17, 15) is 9.59 Å². The highest BCUT2D eigenvalue weighted by Gasteiger charge is 2.23. The predicted molar refractivity (Wildman–Crippen MR) is 85.5 cm³/mol. The fraction of sp³-hybridized carbons (Fsp3) is 0.111. The number of carboxylic acids is 1. The molecule has 0 amide bonds. The monoisotopic (exact) mass is 323 g/mol. The van der Waals surface area contributed by atoms with Crippen LogP contribution in [-0.2, 0) is 9.59 Å². The number of aromatic nitrogens is 1. The van der Waals surface area contributed by atoms with Gasteiger partial charge in [-0.15, -0.1) is 0 Å².